The van der Waals surface area contributed by atoms with Crippen LogP contribution in [0.25, 0.3) is 0 Å². The van der Waals surface area contributed by atoms with Crippen molar-refractivity contribution in [3.63, 3.8) is 0 Å². The summed E-state index contributed by atoms with van der Waals surface area (Å²) in [6.45, 7) is 31.4. The Hall–Kier alpha value is -11.5. The van der Waals surface area contributed by atoms with Gasteiger partial charge in [-0.2, -0.15) is 0 Å². The molecule has 0 fully saturated rings. The van der Waals surface area contributed by atoms with Gasteiger partial charge in [-0.1, -0.05) is 214 Å². The molecule has 0 bridgehead atoms. The molecule has 10 amide bonds. The maximum absolute atomic E-state index is 11.9. The fraction of sp³-hybridized carbons (Fsp3) is 0.235. The highest BCUT2D eigenvalue weighted by atomic mass is 16.2. The van der Waals surface area contributed by atoms with Gasteiger partial charge < -0.3 is 53.2 Å². The summed E-state index contributed by atoms with van der Waals surface area (Å²) in [6, 6.07) is 77.0. The molecule has 15 nitrogen and oxygen atoms in total. The van der Waals surface area contributed by atoms with Gasteiger partial charge in [-0.3, -0.25) is 0 Å². The molecular weight excluding hydrogens is 1240 g/mol. The Balaban J connectivity index is 0.000000197. The number of hydrogen-bond acceptors (Lipinski definition) is 5. The van der Waals surface area contributed by atoms with Crippen LogP contribution in [-0.4, -0.2) is 30.2 Å². The number of anilines is 10. The summed E-state index contributed by atoms with van der Waals surface area (Å²) >= 11 is 0. The molecule has 520 valence electrons. The van der Waals surface area contributed by atoms with Crippen molar-refractivity contribution in [1.82, 2.24) is 0 Å². The first-order valence-electron chi connectivity index (χ1n) is 34.0. The first-order valence-corrected chi connectivity index (χ1v) is 34.0. The van der Waals surface area contributed by atoms with Crippen LogP contribution in [0.5, 0.6) is 0 Å². The molecule has 15 heteroatoms. The molecule has 0 atom stereocenters. The normalized spacial score (nSPS) is 10.4. The van der Waals surface area contributed by atoms with E-state index >= 15 is 0 Å². The number of amides is 10. The van der Waals surface area contributed by atoms with E-state index in [1.807, 2.05) is 277 Å². The average Bonchev–Trinajstić information content (AvgIpc) is 0.918. The zero-order valence-corrected chi connectivity index (χ0v) is 60.5. The summed E-state index contributed by atoms with van der Waals surface area (Å²) in [4.78, 5) is 59.5. The maximum atomic E-state index is 11.9. The predicted octanol–water partition coefficient (Wildman–Crippen LogP) is 23.8. The van der Waals surface area contributed by atoms with Gasteiger partial charge in [-0.15, -0.1) is 0 Å². The average molecular weight is 1340 g/mol. The van der Waals surface area contributed by atoms with E-state index < -0.39 is 0 Å². The second kappa shape index (κ2) is 39.7. The smallest absolute Gasteiger partial charge is 0.308 e. The van der Waals surface area contributed by atoms with Crippen molar-refractivity contribution in [1.29, 1.82) is 0 Å². The molecule has 0 saturated heterocycles. The van der Waals surface area contributed by atoms with Crippen molar-refractivity contribution in [3.05, 3.63) is 298 Å². The van der Waals surface area contributed by atoms with Gasteiger partial charge in [0.15, 0.2) is 0 Å². The van der Waals surface area contributed by atoms with Gasteiger partial charge in [0.05, 0.1) is 0 Å². The standard InChI is InChI=1S/5C17H20N2O/c1-12(2)14-6-10-16(11-7-14)19-17(20)18-15-8-4-13(3)5-9-15;1-12(2)14-7-9-15(10-8-14)18-17(20)19-16-6-4-5-13(3)11-16;3*1-12(2)14-8-10-15(11-9-14)18-17(20)19-16-7-5-4-6-13(16)3/h5*4-12H,1-3H3,(H2,18,19,20). The van der Waals surface area contributed by atoms with Crippen LogP contribution in [0.15, 0.2) is 243 Å². The molecular formula is C85H100N10O5. The van der Waals surface area contributed by atoms with E-state index in [2.05, 4.69) is 122 Å². The monoisotopic (exact) mass is 1340 g/mol. The van der Waals surface area contributed by atoms with Crippen molar-refractivity contribution in [2.45, 2.75) is 133 Å². The molecule has 0 aromatic heterocycles. The Morgan fingerprint density at radius 3 is 0.640 bits per heavy atom. The molecule has 0 saturated carbocycles. The van der Waals surface area contributed by atoms with E-state index in [0.717, 1.165) is 79.1 Å². The highest BCUT2D eigenvalue weighted by molar-refractivity contribution is 6.03. The van der Waals surface area contributed by atoms with Gasteiger partial charge in [0, 0.05) is 56.9 Å². The van der Waals surface area contributed by atoms with Gasteiger partial charge >= 0.3 is 30.2 Å². The number of para-hydroxylation sites is 3. The van der Waals surface area contributed by atoms with E-state index in [1.165, 1.54) is 33.4 Å². The SMILES string of the molecule is Cc1ccc(NC(=O)Nc2ccc(C(C)C)cc2)cc1.Cc1cccc(NC(=O)Nc2ccc(C(C)C)cc2)c1.Cc1ccccc1NC(=O)Nc1ccc(C(C)C)cc1.Cc1ccccc1NC(=O)Nc1ccc(C(C)C)cc1.Cc1ccccc1NC(=O)Nc1ccc(C(C)C)cc1. The van der Waals surface area contributed by atoms with E-state index in [9.17, 15) is 24.0 Å². The Morgan fingerprint density at radius 1 is 0.210 bits per heavy atom. The lowest BCUT2D eigenvalue weighted by Gasteiger charge is -2.11. The summed E-state index contributed by atoms with van der Waals surface area (Å²) in [5, 5.41) is 28.3. The van der Waals surface area contributed by atoms with Crippen LogP contribution in [-0.2, 0) is 0 Å². The molecule has 0 unspecified atom stereocenters. The molecule has 10 rings (SSSR count). The minimum atomic E-state index is -0.230. The Labute approximate surface area is 592 Å². The van der Waals surface area contributed by atoms with Crippen LogP contribution < -0.4 is 53.2 Å². The third-order valence-electron chi connectivity index (χ3n) is 15.9. The predicted molar refractivity (Wildman–Crippen MR) is 422 cm³/mol. The first kappa shape index (κ1) is 77.6. The molecule has 0 heterocycles. The van der Waals surface area contributed by atoms with Crippen molar-refractivity contribution in [3.8, 4) is 0 Å². The van der Waals surface area contributed by atoms with Gasteiger partial charge in [0.25, 0.3) is 0 Å². The van der Waals surface area contributed by atoms with Crippen molar-refractivity contribution < 1.29 is 24.0 Å². The van der Waals surface area contributed by atoms with Crippen LogP contribution in [0.3, 0.4) is 0 Å². The zero-order valence-electron chi connectivity index (χ0n) is 60.5. The summed E-state index contributed by atoms with van der Waals surface area (Å²) in [6.07, 6.45) is 0. The van der Waals surface area contributed by atoms with Crippen LogP contribution in [0.2, 0.25) is 0 Å². The fourth-order valence-corrected chi connectivity index (χ4v) is 9.70. The van der Waals surface area contributed by atoms with Crippen LogP contribution >= 0.6 is 0 Å². The molecule has 0 aliphatic rings. The minimum Gasteiger partial charge on any atom is -0.308 e. The van der Waals surface area contributed by atoms with Crippen molar-refractivity contribution in [2.75, 3.05) is 53.2 Å². The van der Waals surface area contributed by atoms with Crippen molar-refractivity contribution in [2.24, 2.45) is 0 Å². The molecule has 10 aromatic carbocycles. The quantitative estimate of drug-likeness (QED) is 0.0485. The first-order chi connectivity index (χ1) is 47.8. The highest BCUT2D eigenvalue weighted by Gasteiger charge is 2.11. The number of carbonyl (C=O) groups is 5. The number of carbonyl (C=O) groups excluding carboxylic acids is 5. The molecule has 0 aliphatic carbocycles. The third kappa shape index (κ3) is 27.6. The minimum absolute atomic E-state index is 0.225. The van der Waals surface area contributed by atoms with Crippen molar-refractivity contribution >= 4 is 87.0 Å². The second-order valence-electron chi connectivity index (χ2n) is 26.0. The maximum Gasteiger partial charge on any atom is 0.323 e. The Morgan fingerprint density at radius 2 is 0.420 bits per heavy atom. The topological polar surface area (TPSA) is 206 Å². The second-order valence-corrected chi connectivity index (χ2v) is 26.0. The highest BCUT2D eigenvalue weighted by Crippen LogP contribution is 2.24. The number of urea groups is 5. The summed E-state index contributed by atoms with van der Waals surface area (Å²) in [7, 11) is 0. The number of nitrogens with one attached hydrogen (secondary N) is 10. The van der Waals surface area contributed by atoms with E-state index in [0.29, 0.717) is 29.6 Å². The number of benzene rings is 10. The molecule has 0 radical (unpaired) electrons. The summed E-state index contributed by atoms with van der Waals surface area (Å²) in [5.41, 5.74) is 19.7. The van der Waals surface area contributed by atoms with Gasteiger partial charge in [-0.25, -0.2) is 24.0 Å². The number of aryl methyl sites for hydroxylation is 5. The number of hydrogen-bond donors (Lipinski definition) is 10. The van der Waals surface area contributed by atoms with Crippen LogP contribution in [0.1, 0.15) is 154 Å². The lowest BCUT2D eigenvalue weighted by atomic mass is 10.0. The Kier molecular flexibility index (Phi) is 30.8. The summed E-state index contributed by atoms with van der Waals surface area (Å²) < 4.78 is 0. The van der Waals surface area contributed by atoms with Gasteiger partial charge in [0.2, 0.25) is 0 Å². The van der Waals surface area contributed by atoms with Crippen LogP contribution in [0, 0.1) is 34.6 Å². The molecule has 0 aliphatic heterocycles. The summed E-state index contributed by atoms with van der Waals surface area (Å²) in [5.74, 6) is 2.45. The Bertz CT molecular complexity index is 3930. The van der Waals surface area contributed by atoms with E-state index in [1.54, 1.807) is 0 Å². The van der Waals surface area contributed by atoms with E-state index in [4.69, 9.17) is 0 Å². The van der Waals surface area contributed by atoms with Gasteiger partial charge in [0.1, 0.15) is 0 Å². The third-order valence-corrected chi connectivity index (χ3v) is 15.9. The van der Waals surface area contributed by atoms with Gasteiger partial charge in [-0.05, 0) is 217 Å². The lowest BCUT2D eigenvalue weighted by Crippen LogP contribution is -2.19. The fourth-order valence-electron chi connectivity index (χ4n) is 9.70. The molecule has 100 heavy (non-hydrogen) atoms. The van der Waals surface area contributed by atoms with Crippen LogP contribution in [0.4, 0.5) is 80.8 Å². The molecule has 10 N–H and O–H groups in total. The lowest BCUT2D eigenvalue weighted by molar-refractivity contribution is 0.261. The largest absolute Gasteiger partial charge is 0.323 e. The molecule has 0 spiro atoms. The number of rotatable bonds is 15. The zero-order chi connectivity index (χ0) is 72.7. The van der Waals surface area contributed by atoms with E-state index in [-0.39, 0.29) is 30.2 Å². The molecule has 10 aromatic rings.